The summed E-state index contributed by atoms with van der Waals surface area (Å²) in [5.74, 6) is 1.06. The highest BCUT2D eigenvalue weighted by Crippen LogP contribution is 2.38. The fraction of sp³-hybridized carbons (Fsp3) is 0.111. The van der Waals surface area contributed by atoms with Crippen LogP contribution in [0.3, 0.4) is 0 Å². The van der Waals surface area contributed by atoms with Crippen molar-refractivity contribution in [1.82, 2.24) is 15.3 Å². The van der Waals surface area contributed by atoms with Crippen LogP contribution in [0.25, 0.3) is 33.1 Å². The summed E-state index contributed by atoms with van der Waals surface area (Å²) >= 11 is 0. The maximum atomic E-state index is 13.1. The molecule has 0 atom stereocenters. The molecular formula is C27H23N3O3. The van der Waals surface area contributed by atoms with E-state index >= 15 is 0 Å². The number of pyridine rings is 1. The van der Waals surface area contributed by atoms with Gasteiger partial charge in [-0.25, -0.2) is 4.98 Å². The summed E-state index contributed by atoms with van der Waals surface area (Å²) in [4.78, 5) is 21.4. The standard InChI is InChI=1S/C27H23N3O3/c1-32-18-12-13-20(24(14-18)33-2)25-26-21(19-10-6-7-11-22(19)29-26)15-23(30-25)27(31)28-16-17-8-4-3-5-9-17/h3-15,29H,16H2,1-2H3,(H,28,31). The third-order valence-corrected chi connectivity index (χ3v) is 5.69. The van der Waals surface area contributed by atoms with Gasteiger partial charge in [0.2, 0.25) is 0 Å². The van der Waals surface area contributed by atoms with E-state index < -0.39 is 0 Å². The van der Waals surface area contributed by atoms with E-state index in [1.54, 1.807) is 14.2 Å². The first-order valence-electron chi connectivity index (χ1n) is 10.6. The predicted octanol–water partition coefficient (Wildman–Crippen LogP) is 5.33. The number of aromatic nitrogens is 2. The second-order valence-corrected chi connectivity index (χ2v) is 7.68. The van der Waals surface area contributed by atoms with Gasteiger partial charge in [0, 0.05) is 34.5 Å². The summed E-state index contributed by atoms with van der Waals surface area (Å²) < 4.78 is 11.0. The van der Waals surface area contributed by atoms with Gasteiger partial charge < -0.3 is 19.8 Å². The van der Waals surface area contributed by atoms with E-state index in [4.69, 9.17) is 14.5 Å². The van der Waals surface area contributed by atoms with Crippen LogP contribution >= 0.6 is 0 Å². The minimum atomic E-state index is -0.236. The molecule has 164 valence electrons. The zero-order valence-electron chi connectivity index (χ0n) is 18.4. The van der Waals surface area contributed by atoms with Crippen molar-refractivity contribution >= 4 is 27.7 Å². The summed E-state index contributed by atoms with van der Waals surface area (Å²) in [6.45, 7) is 0.425. The average Bonchev–Trinajstić information content (AvgIpc) is 3.25. The summed E-state index contributed by atoms with van der Waals surface area (Å²) in [6, 6.07) is 25.2. The molecule has 0 spiro atoms. The number of rotatable bonds is 6. The van der Waals surface area contributed by atoms with E-state index in [9.17, 15) is 4.79 Å². The molecule has 33 heavy (non-hydrogen) atoms. The first-order valence-corrected chi connectivity index (χ1v) is 10.6. The summed E-state index contributed by atoms with van der Waals surface area (Å²) in [6.07, 6.45) is 0. The molecule has 5 rings (SSSR count). The Labute approximate surface area is 191 Å². The molecule has 0 aliphatic heterocycles. The van der Waals surface area contributed by atoms with Gasteiger partial charge in [0.1, 0.15) is 17.2 Å². The van der Waals surface area contributed by atoms with Crippen LogP contribution in [0.4, 0.5) is 0 Å². The number of hydrogen-bond acceptors (Lipinski definition) is 4. The number of nitrogens with one attached hydrogen (secondary N) is 2. The fourth-order valence-corrected chi connectivity index (χ4v) is 4.02. The lowest BCUT2D eigenvalue weighted by Gasteiger charge is -2.12. The third kappa shape index (κ3) is 3.87. The number of para-hydroxylation sites is 1. The zero-order chi connectivity index (χ0) is 22.8. The largest absolute Gasteiger partial charge is 0.497 e. The minimum Gasteiger partial charge on any atom is -0.497 e. The van der Waals surface area contributed by atoms with Crippen LogP contribution < -0.4 is 14.8 Å². The maximum Gasteiger partial charge on any atom is 0.270 e. The second kappa shape index (κ2) is 8.67. The van der Waals surface area contributed by atoms with Gasteiger partial charge in [0.25, 0.3) is 5.91 Å². The molecule has 0 saturated carbocycles. The SMILES string of the molecule is COc1ccc(-c2nc(C(=O)NCc3ccccc3)cc3c2[nH]c2ccccc23)c(OC)c1. The van der Waals surface area contributed by atoms with Gasteiger partial charge in [-0.15, -0.1) is 0 Å². The van der Waals surface area contributed by atoms with Gasteiger partial charge in [-0.2, -0.15) is 0 Å². The number of fused-ring (bicyclic) bond motifs is 3. The smallest absolute Gasteiger partial charge is 0.270 e. The zero-order valence-corrected chi connectivity index (χ0v) is 18.4. The van der Waals surface area contributed by atoms with Crippen molar-refractivity contribution in [1.29, 1.82) is 0 Å². The molecule has 0 aliphatic rings. The van der Waals surface area contributed by atoms with E-state index in [2.05, 4.69) is 10.3 Å². The van der Waals surface area contributed by atoms with Crippen LogP contribution in [-0.2, 0) is 6.54 Å². The maximum absolute atomic E-state index is 13.1. The Balaban J connectivity index is 1.65. The van der Waals surface area contributed by atoms with Gasteiger partial charge in [0.15, 0.2) is 0 Å². The van der Waals surface area contributed by atoms with Gasteiger partial charge in [-0.1, -0.05) is 48.5 Å². The first kappa shape index (κ1) is 20.6. The molecule has 1 amide bonds. The number of carbonyl (C=O) groups is 1. The van der Waals surface area contributed by atoms with E-state index in [0.29, 0.717) is 29.4 Å². The Morgan fingerprint density at radius 1 is 0.909 bits per heavy atom. The van der Waals surface area contributed by atoms with Crippen LogP contribution in [-0.4, -0.2) is 30.1 Å². The molecule has 0 fully saturated rings. The number of nitrogens with zero attached hydrogens (tertiary/aromatic N) is 1. The van der Waals surface area contributed by atoms with Crippen LogP contribution in [0.5, 0.6) is 11.5 Å². The normalized spacial score (nSPS) is 11.0. The third-order valence-electron chi connectivity index (χ3n) is 5.69. The quantitative estimate of drug-likeness (QED) is 0.376. The summed E-state index contributed by atoms with van der Waals surface area (Å²) in [5.41, 5.74) is 4.61. The molecule has 0 radical (unpaired) electrons. The van der Waals surface area contributed by atoms with Gasteiger partial charge in [0.05, 0.1) is 25.4 Å². The van der Waals surface area contributed by atoms with Crippen molar-refractivity contribution in [3.05, 3.63) is 90.1 Å². The number of benzene rings is 3. The van der Waals surface area contributed by atoms with Crippen molar-refractivity contribution in [2.45, 2.75) is 6.54 Å². The van der Waals surface area contributed by atoms with Crippen LogP contribution in [0.1, 0.15) is 16.1 Å². The molecule has 5 aromatic rings. The number of ether oxygens (including phenoxy) is 2. The summed E-state index contributed by atoms with van der Waals surface area (Å²) in [7, 11) is 3.22. The number of aromatic amines is 1. The topological polar surface area (TPSA) is 76.2 Å². The van der Waals surface area contributed by atoms with Crippen LogP contribution in [0.2, 0.25) is 0 Å². The monoisotopic (exact) mass is 437 g/mol. The minimum absolute atomic E-state index is 0.236. The highest BCUT2D eigenvalue weighted by Gasteiger charge is 2.19. The molecule has 6 heteroatoms. The molecule has 2 N–H and O–H groups in total. The van der Waals surface area contributed by atoms with Crippen molar-refractivity contribution < 1.29 is 14.3 Å². The second-order valence-electron chi connectivity index (χ2n) is 7.68. The Bertz CT molecular complexity index is 1460. The lowest BCUT2D eigenvalue weighted by molar-refractivity contribution is 0.0946. The van der Waals surface area contributed by atoms with Gasteiger partial charge in [-0.3, -0.25) is 4.79 Å². The molecule has 0 aliphatic carbocycles. The Morgan fingerprint density at radius 2 is 1.70 bits per heavy atom. The molecule has 0 unspecified atom stereocenters. The molecule has 3 aromatic carbocycles. The molecule has 0 saturated heterocycles. The highest BCUT2D eigenvalue weighted by atomic mass is 16.5. The highest BCUT2D eigenvalue weighted by molar-refractivity contribution is 6.13. The number of hydrogen-bond donors (Lipinski definition) is 2. The fourth-order valence-electron chi connectivity index (χ4n) is 4.02. The van der Waals surface area contributed by atoms with Gasteiger partial charge in [-0.05, 0) is 29.8 Å². The first-order chi connectivity index (χ1) is 16.2. The number of carbonyl (C=O) groups excluding carboxylic acids is 1. The lowest BCUT2D eigenvalue weighted by Crippen LogP contribution is -2.24. The van der Waals surface area contributed by atoms with Crippen LogP contribution in [0.15, 0.2) is 78.9 Å². The molecule has 2 heterocycles. The predicted molar refractivity (Wildman–Crippen MR) is 130 cm³/mol. The van der Waals surface area contributed by atoms with Gasteiger partial charge >= 0.3 is 0 Å². The average molecular weight is 437 g/mol. The number of amides is 1. The summed E-state index contributed by atoms with van der Waals surface area (Å²) in [5, 5.41) is 4.94. The van der Waals surface area contributed by atoms with E-state index in [1.165, 1.54) is 0 Å². The Kier molecular flexibility index (Phi) is 5.40. The van der Waals surface area contributed by atoms with Crippen molar-refractivity contribution in [3.63, 3.8) is 0 Å². The molecular weight excluding hydrogens is 414 g/mol. The lowest BCUT2D eigenvalue weighted by atomic mass is 10.0. The molecule has 2 aromatic heterocycles. The van der Waals surface area contributed by atoms with E-state index in [1.807, 2.05) is 78.9 Å². The van der Waals surface area contributed by atoms with Crippen LogP contribution in [0, 0.1) is 0 Å². The number of H-pyrrole nitrogens is 1. The Morgan fingerprint density at radius 3 is 2.48 bits per heavy atom. The molecule has 6 nitrogen and oxygen atoms in total. The van der Waals surface area contributed by atoms with Crippen molar-refractivity contribution in [2.75, 3.05) is 14.2 Å². The van der Waals surface area contributed by atoms with Crippen molar-refractivity contribution in [3.8, 4) is 22.8 Å². The number of methoxy groups -OCH3 is 2. The van der Waals surface area contributed by atoms with E-state index in [-0.39, 0.29) is 5.91 Å². The Hall–Kier alpha value is -4.32. The van der Waals surface area contributed by atoms with Crippen molar-refractivity contribution in [2.24, 2.45) is 0 Å². The molecule has 0 bridgehead atoms. The van der Waals surface area contributed by atoms with E-state index in [0.717, 1.165) is 32.9 Å².